The second-order valence-corrected chi connectivity index (χ2v) is 4.69. The molecule has 5 nitrogen and oxygen atoms in total. The number of halogens is 1. The van der Waals surface area contributed by atoms with Crippen molar-refractivity contribution in [1.29, 1.82) is 0 Å². The van der Waals surface area contributed by atoms with Gasteiger partial charge in [0, 0.05) is 0 Å². The van der Waals surface area contributed by atoms with Crippen LogP contribution in [-0.4, -0.2) is 18.0 Å². The highest BCUT2D eigenvalue weighted by molar-refractivity contribution is 6.54. The van der Waals surface area contributed by atoms with Gasteiger partial charge in [0.15, 0.2) is 12.0 Å². The van der Waals surface area contributed by atoms with Crippen LogP contribution in [-0.2, 0) is 11.3 Å². The lowest BCUT2D eigenvalue weighted by molar-refractivity contribution is -0.114. The Morgan fingerprint density at radius 3 is 2.70 bits per heavy atom. The van der Waals surface area contributed by atoms with E-state index in [0.717, 1.165) is 0 Å². The lowest BCUT2D eigenvalue weighted by Crippen LogP contribution is -2.29. The van der Waals surface area contributed by atoms with Crippen molar-refractivity contribution in [3.8, 4) is 0 Å². The van der Waals surface area contributed by atoms with Crippen molar-refractivity contribution in [3.63, 3.8) is 0 Å². The smallest absolute Gasteiger partial charge is 0.299 e. The summed E-state index contributed by atoms with van der Waals surface area (Å²) in [5.41, 5.74) is 0.665. The molecule has 0 fully saturated rings. The Morgan fingerprint density at radius 2 is 2.00 bits per heavy atom. The van der Waals surface area contributed by atoms with E-state index in [1.807, 2.05) is 0 Å². The number of Topliss-reactive ketones (excluding diaryl/α,β-unsaturated/α-hetero) is 1. The predicted octanol–water partition coefficient (Wildman–Crippen LogP) is 2.48. The molecule has 1 aromatic heterocycles. The van der Waals surface area contributed by atoms with Crippen LogP contribution in [0.5, 0.6) is 0 Å². The van der Waals surface area contributed by atoms with E-state index in [4.69, 9.17) is 16.0 Å². The van der Waals surface area contributed by atoms with Crippen LogP contribution in [0.4, 0.5) is 5.69 Å². The normalized spacial score (nSPS) is 13.8. The molecule has 3 rings (SSSR count). The van der Waals surface area contributed by atoms with Crippen molar-refractivity contribution in [2.45, 2.75) is 6.54 Å². The SMILES string of the molecule is O=Cc1ccc(CN2C(=O)C(=O)c3cccc(Cl)c32)o1. The molecule has 0 radical (unpaired) electrons. The van der Waals surface area contributed by atoms with Crippen LogP contribution in [0.15, 0.2) is 34.7 Å². The number of anilines is 1. The summed E-state index contributed by atoms with van der Waals surface area (Å²) in [5, 5.41) is 0.323. The van der Waals surface area contributed by atoms with Gasteiger partial charge in [-0.15, -0.1) is 0 Å². The summed E-state index contributed by atoms with van der Waals surface area (Å²) in [6.45, 7) is 0.0507. The standard InChI is InChI=1S/C14H8ClNO4/c15-11-3-1-2-10-12(11)16(14(19)13(10)18)6-8-4-5-9(7-17)20-8/h1-5,7H,6H2. The van der Waals surface area contributed by atoms with E-state index in [1.54, 1.807) is 24.3 Å². The fourth-order valence-electron chi connectivity index (χ4n) is 2.16. The van der Waals surface area contributed by atoms with Gasteiger partial charge >= 0.3 is 0 Å². The molecule has 1 aromatic carbocycles. The number of hydrogen-bond acceptors (Lipinski definition) is 4. The molecule has 1 aliphatic rings. The Balaban J connectivity index is 2.00. The quantitative estimate of drug-likeness (QED) is 0.643. The Morgan fingerprint density at radius 1 is 1.20 bits per heavy atom. The van der Waals surface area contributed by atoms with Gasteiger partial charge in [-0.3, -0.25) is 19.3 Å². The molecule has 0 saturated heterocycles. The molecule has 0 unspecified atom stereocenters. The molecule has 6 heteroatoms. The number of carbonyl (C=O) groups is 3. The van der Waals surface area contributed by atoms with Crippen LogP contribution in [0.25, 0.3) is 0 Å². The highest BCUT2D eigenvalue weighted by Gasteiger charge is 2.37. The van der Waals surface area contributed by atoms with E-state index in [9.17, 15) is 14.4 Å². The van der Waals surface area contributed by atoms with E-state index >= 15 is 0 Å². The van der Waals surface area contributed by atoms with Gasteiger partial charge in [0.05, 0.1) is 22.8 Å². The number of hydrogen-bond donors (Lipinski definition) is 0. The van der Waals surface area contributed by atoms with Crippen molar-refractivity contribution in [3.05, 3.63) is 52.4 Å². The molecule has 0 saturated carbocycles. The number of ketones is 1. The van der Waals surface area contributed by atoms with E-state index < -0.39 is 11.7 Å². The summed E-state index contributed by atoms with van der Waals surface area (Å²) in [5.74, 6) is -0.680. The first-order valence-electron chi connectivity index (χ1n) is 5.80. The average Bonchev–Trinajstić information content (AvgIpc) is 2.99. The number of benzene rings is 1. The average molecular weight is 290 g/mol. The van der Waals surface area contributed by atoms with Crippen LogP contribution in [0.1, 0.15) is 26.7 Å². The molecular weight excluding hydrogens is 282 g/mol. The summed E-state index contributed by atoms with van der Waals surface area (Å²) >= 11 is 6.06. The van der Waals surface area contributed by atoms with Crippen LogP contribution >= 0.6 is 11.6 Å². The van der Waals surface area contributed by atoms with E-state index in [0.29, 0.717) is 22.8 Å². The molecule has 0 aliphatic carbocycles. The number of furan rings is 1. The third-order valence-electron chi connectivity index (χ3n) is 3.05. The molecule has 0 bridgehead atoms. The van der Waals surface area contributed by atoms with Gasteiger partial charge in [-0.05, 0) is 24.3 Å². The van der Waals surface area contributed by atoms with Crippen LogP contribution < -0.4 is 4.90 Å². The summed E-state index contributed by atoms with van der Waals surface area (Å²) in [7, 11) is 0. The summed E-state index contributed by atoms with van der Waals surface area (Å²) in [6.07, 6.45) is 0.571. The summed E-state index contributed by atoms with van der Waals surface area (Å²) < 4.78 is 5.22. The van der Waals surface area contributed by atoms with Crippen molar-refractivity contribution in [1.82, 2.24) is 0 Å². The Bertz CT molecular complexity index is 735. The first-order valence-corrected chi connectivity index (χ1v) is 6.18. The molecule has 1 amide bonds. The van der Waals surface area contributed by atoms with Crippen molar-refractivity contribution in [2.24, 2.45) is 0 Å². The van der Waals surface area contributed by atoms with Crippen LogP contribution in [0.2, 0.25) is 5.02 Å². The molecule has 20 heavy (non-hydrogen) atoms. The minimum absolute atomic E-state index is 0.0507. The highest BCUT2D eigenvalue weighted by atomic mass is 35.5. The summed E-state index contributed by atoms with van der Waals surface area (Å²) in [4.78, 5) is 35.7. The number of rotatable bonds is 3. The first kappa shape index (κ1) is 12.6. The molecule has 2 heterocycles. The van der Waals surface area contributed by atoms with Gasteiger partial charge in [0.1, 0.15) is 5.76 Å². The maximum atomic E-state index is 12.0. The fraction of sp³-hybridized carbons (Fsp3) is 0.0714. The van der Waals surface area contributed by atoms with Gasteiger partial charge < -0.3 is 4.42 Å². The van der Waals surface area contributed by atoms with E-state index in [1.165, 1.54) is 11.0 Å². The molecule has 0 N–H and O–H groups in total. The zero-order valence-corrected chi connectivity index (χ0v) is 10.9. The second kappa shape index (κ2) is 4.61. The zero-order chi connectivity index (χ0) is 14.3. The molecule has 0 atom stereocenters. The largest absolute Gasteiger partial charge is 0.456 e. The third kappa shape index (κ3) is 1.83. The monoisotopic (exact) mass is 289 g/mol. The highest BCUT2D eigenvalue weighted by Crippen LogP contribution is 2.36. The molecule has 0 spiro atoms. The van der Waals surface area contributed by atoms with Gasteiger partial charge in [-0.25, -0.2) is 0 Å². The third-order valence-corrected chi connectivity index (χ3v) is 3.36. The maximum Gasteiger partial charge on any atom is 0.299 e. The lowest BCUT2D eigenvalue weighted by atomic mass is 10.1. The Labute approximate surface area is 118 Å². The molecule has 100 valence electrons. The van der Waals surface area contributed by atoms with E-state index in [-0.39, 0.29) is 17.9 Å². The first-order chi connectivity index (χ1) is 9.61. The minimum Gasteiger partial charge on any atom is -0.456 e. The molecule has 1 aliphatic heterocycles. The Kier molecular flexibility index (Phi) is 2.91. The van der Waals surface area contributed by atoms with Crippen molar-refractivity contribution < 1.29 is 18.8 Å². The number of aldehydes is 1. The topological polar surface area (TPSA) is 67.6 Å². The van der Waals surface area contributed by atoms with Crippen molar-refractivity contribution in [2.75, 3.05) is 4.90 Å². The predicted molar refractivity (Wildman–Crippen MR) is 71.1 cm³/mol. The number of nitrogens with zero attached hydrogens (tertiary/aromatic N) is 1. The fourth-order valence-corrected chi connectivity index (χ4v) is 2.44. The van der Waals surface area contributed by atoms with Crippen LogP contribution in [0.3, 0.4) is 0 Å². The number of amides is 1. The van der Waals surface area contributed by atoms with Crippen molar-refractivity contribution >= 4 is 35.3 Å². The minimum atomic E-state index is -0.655. The lowest BCUT2D eigenvalue weighted by Gasteiger charge is -2.15. The summed E-state index contributed by atoms with van der Waals surface area (Å²) in [6, 6.07) is 7.86. The number of para-hydroxylation sites is 1. The van der Waals surface area contributed by atoms with Gasteiger partial charge in [0.2, 0.25) is 0 Å². The second-order valence-electron chi connectivity index (χ2n) is 4.28. The Hall–Kier alpha value is -2.40. The van der Waals surface area contributed by atoms with Gasteiger partial charge in [-0.2, -0.15) is 0 Å². The van der Waals surface area contributed by atoms with E-state index in [2.05, 4.69) is 0 Å². The van der Waals surface area contributed by atoms with Crippen LogP contribution in [0, 0.1) is 0 Å². The maximum absolute atomic E-state index is 12.0. The molecular formula is C14H8ClNO4. The number of carbonyl (C=O) groups excluding carboxylic acids is 3. The van der Waals surface area contributed by atoms with Gasteiger partial charge in [-0.1, -0.05) is 17.7 Å². The van der Waals surface area contributed by atoms with Gasteiger partial charge in [0.25, 0.3) is 11.7 Å². The zero-order valence-electron chi connectivity index (χ0n) is 10.1. The molecule has 2 aromatic rings. The number of fused-ring (bicyclic) bond motifs is 1.